The Morgan fingerprint density at radius 1 is 1.09 bits per heavy atom. The lowest BCUT2D eigenvalue weighted by atomic mass is 9.87. The summed E-state index contributed by atoms with van der Waals surface area (Å²) in [5.41, 5.74) is 1.46. The third-order valence-electron chi connectivity index (χ3n) is 3.86. The van der Waals surface area contributed by atoms with E-state index in [0.29, 0.717) is 6.54 Å². The van der Waals surface area contributed by atoms with Gasteiger partial charge in [0.25, 0.3) is 0 Å². The van der Waals surface area contributed by atoms with E-state index in [1.54, 1.807) is 18.9 Å². The number of nitrogens with zero attached hydrogens (tertiary/aromatic N) is 1. The van der Waals surface area contributed by atoms with Gasteiger partial charge in [0.15, 0.2) is 0 Å². The van der Waals surface area contributed by atoms with Crippen LogP contribution < -0.4 is 5.32 Å². The molecule has 3 N–H and O–H groups in total. The summed E-state index contributed by atoms with van der Waals surface area (Å²) < 4.78 is 0. The monoisotopic (exact) mass is 322 g/mol. The number of carbonyl (C=O) groups is 1. The number of rotatable bonds is 7. The third kappa shape index (κ3) is 6.29. The van der Waals surface area contributed by atoms with Gasteiger partial charge in [0.05, 0.1) is 19.8 Å². The van der Waals surface area contributed by atoms with E-state index in [-0.39, 0.29) is 31.1 Å². The Balaban J connectivity index is 2.56. The maximum Gasteiger partial charge on any atom is 0.238 e. The molecule has 0 aliphatic heterocycles. The predicted octanol–water partition coefficient (Wildman–Crippen LogP) is 1.85. The van der Waals surface area contributed by atoms with Crippen molar-refractivity contribution in [3.8, 4) is 0 Å². The number of anilines is 1. The molecule has 130 valence electrons. The lowest BCUT2D eigenvalue weighted by Gasteiger charge is -2.29. The van der Waals surface area contributed by atoms with Crippen molar-refractivity contribution in [3.05, 3.63) is 29.8 Å². The van der Waals surface area contributed by atoms with Gasteiger partial charge < -0.3 is 15.5 Å². The van der Waals surface area contributed by atoms with E-state index in [2.05, 4.69) is 26.1 Å². The Morgan fingerprint density at radius 2 is 1.61 bits per heavy atom. The van der Waals surface area contributed by atoms with Gasteiger partial charge in [-0.15, -0.1) is 0 Å². The molecule has 0 bridgehead atoms. The van der Waals surface area contributed by atoms with Crippen molar-refractivity contribution in [2.75, 3.05) is 38.7 Å². The molecule has 5 heteroatoms. The van der Waals surface area contributed by atoms with E-state index in [0.717, 1.165) is 5.69 Å². The third-order valence-corrected chi connectivity index (χ3v) is 3.86. The molecule has 0 aromatic heterocycles. The minimum absolute atomic E-state index is 0.0851. The van der Waals surface area contributed by atoms with Crippen LogP contribution in [0.2, 0.25) is 0 Å². The SMILES string of the molecule is CN(CC(=O)Nc1ccc(C(C)(C)C)cc1)CC(C)(CO)CO. The quantitative estimate of drug-likeness (QED) is 0.716. The van der Waals surface area contributed by atoms with E-state index < -0.39 is 5.41 Å². The molecule has 0 atom stereocenters. The molecule has 1 rings (SSSR count). The van der Waals surface area contributed by atoms with E-state index in [4.69, 9.17) is 0 Å². The molecular weight excluding hydrogens is 292 g/mol. The number of hydrogen-bond acceptors (Lipinski definition) is 4. The standard InChI is InChI=1S/C18H30N2O3/c1-17(2,3)14-6-8-15(9-7-14)19-16(23)10-20(5)11-18(4,12-21)13-22/h6-9,21-22H,10-13H2,1-5H3,(H,19,23). The number of hydrogen-bond donors (Lipinski definition) is 3. The molecule has 0 saturated carbocycles. The fraction of sp³-hybridized carbons (Fsp3) is 0.611. The molecule has 0 aliphatic rings. The summed E-state index contributed by atoms with van der Waals surface area (Å²) in [6, 6.07) is 7.86. The van der Waals surface area contributed by atoms with Gasteiger partial charge in [0.2, 0.25) is 5.91 Å². The first-order chi connectivity index (χ1) is 10.6. The highest BCUT2D eigenvalue weighted by Crippen LogP contribution is 2.23. The Labute approximate surface area is 139 Å². The number of likely N-dealkylation sites (N-methyl/N-ethyl adjacent to an activating group) is 1. The molecule has 0 unspecified atom stereocenters. The molecule has 0 spiro atoms. The zero-order chi connectivity index (χ0) is 17.7. The van der Waals surface area contributed by atoms with Gasteiger partial charge in [0, 0.05) is 17.6 Å². The summed E-state index contributed by atoms with van der Waals surface area (Å²) in [6.07, 6.45) is 0. The summed E-state index contributed by atoms with van der Waals surface area (Å²) in [7, 11) is 1.80. The maximum atomic E-state index is 12.1. The predicted molar refractivity (Wildman–Crippen MR) is 93.5 cm³/mol. The van der Waals surface area contributed by atoms with Crippen molar-refractivity contribution in [2.45, 2.75) is 33.1 Å². The Kier molecular flexibility index (Phi) is 6.74. The number of nitrogens with one attached hydrogen (secondary N) is 1. The number of carbonyl (C=O) groups excluding carboxylic acids is 1. The van der Waals surface area contributed by atoms with Gasteiger partial charge in [-0.2, -0.15) is 0 Å². The molecule has 0 aliphatic carbocycles. The molecule has 0 radical (unpaired) electrons. The molecule has 0 saturated heterocycles. The first-order valence-corrected chi connectivity index (χ1v) is 7.90. The van der Waals surface area contributed by atoms with Crippen LogP contribution in [0.5, 0.6) is 0 Å². The number of aliphatic hydroxyl groups is 2. The minimum Gasteiger partial charge on any atom is -0.396 e. The first kappa shape index (κ1) is 19.6. The normalized spacial score (nSPS) is 12.5. The molecule has 1 aromatic carbocycles. The van der Waals surface area contributed by atoms with Crippen LogP contribution in [0.25, 0.3) is 0 Å². The van der Waals surface area contributed by atoms with E-state index in [1.807, 2.05) is 24.3 Å². The van der Waals surface area contributed by atoms with E-state index in [1.165, 1.54) is 5.56 Å². The van der Waals surface area contributed by atoms with Crippen LogP contribution in [-0.4, -0.2) is 54.4 Å². The number of aliphatic hydroxyl groups excluding tert-OH is 2. The molecule has 0 heterocycles. The number of amides is 1. The fourth-order valence-corrected chi connectivity index (χ4v) is 2.36. The molecule has 1 amide bonds. The Hall–Kier alpha value is -1.43. The first-order valence-electron chi connectivity index (χ1n) is 7.90. The van der Waals surface area contributed by atoms with Crippen molar-refractivity contribution in [1.82, 2.24) is 4.90 Å². The van der Waals surface area contributed by atoms with E-state index in [9.17, 15) is 15.0 Å². The van der Waals surface area contributed by atoms with Crippen LogP contribution >= 0.6 is 0 Å². The van der Waals surface area contributed by atoms with Crippen molar-refractivity contribution in [1.29, 1.82) is 0 Å². The fourth-order valence-electron chi connectivity index (χ4n) is 2.36. The van der Waals surface area contributed by atoms with Gasteiger partial charge in [0.1, 0.15) is 0 Å². The second-order valence-electron chi connectivity index (χ2n) is 7.67. The second-order valence-corrected chi connectivity index (χ2v) is 7.67. The van der Waals surface area contributed by atoms with Crippen LogP contribution in [-0.2, 0) is 10.2 Å². The Morgan fingerprint density at radius 3 is 2.04 bits per heavy atom. The highest BCUT2D eigenvalue weighted by atomic mass is 16.3. The smallest absolute Gasteiger partial charge is 0.238 e. The zero-order valence-electron chi connectivity index (χ0n) is 14.9. The second kappa shape index (κ2) is 7.90. The van der Waals surface area contributed by atoms with Crippen molar-refractivity contribution >= 4 is 11.6 Å². The van der Waals surface area contributed by atoms with Gasteiger partial charge in [-0.3, -0.25) is 9.69 Å². The largest absolute Gasteiger partial charge is 0.396 e. The topological polar surface area (TPSA) is 72.8 Å². The molecule has 0 fully saturated rings. The van der Waals surface area contributed by atoms with Crippen molar-refractivity contribution < 1.29 is 15.0 Å². The van der Waals surface area contributed by atoms with Crippen molar-refractivity contribution in [2.24, 2.45) is 5.41 Å². The summed E-state index contributed by atoms with van der Waals surface area (Å²) in [4.78, 5) is 13.9. The van der Waals surface area contributed by atoms with Crippen LogP contribution in [0.4, 0.5) is 5.69 Å². The maximum absolute atomic E-state index is 12.1. The van der Waals surface area contributed by atoms with Gasteiger partial charge in [-0.05, 0) is 30.2 Å². The zero-order valence-corrected chi connectivity index (χ0v) is 14.9. The van der Waals surface area contributed by atoms with Gasteiger partial charge in [-0.1, -0.05) is 39.8 Å². The van der Waals surface area contributed by atoms with Gasteiger partial charge >= 0.3 is 0 Å². The summed E-state index contributed by atoms with van der Waals surface area (Å²) in [5, 5.41) is 21.5. The highest BCUT2D eigenvalue weighted by Gasteiger charge is 2.25. The molecule has 1 aromatic rings. The summed E-state index contributed by atoms with van der Waals surface area (Å²) in [6.45, 7) is 8.63. The lowest BCUT2D eigenvalue weighted by Crippen LogP contribution is -2.41. The molecule has 5 nitrogen and oxygen atoms in total. The Bertz CT molecular complexity index is 502. The molecular formula is C18H30N2O3. The van der Waals surface area contributed by atoms with Crippen LogP contribution in [0.15, 0.2) is 24.3 Å². The number of benzene rings is 1. The summed E-state index contributed by atoms with van der Waals surface area (Å²) >= 11 is 0. The van der Waals surface area contributed by atoms with Gasteiger partial charge in [-0.25, -0.2) is 0 Å². The lowest BCUT2D eigenvalue weighted by molar-refractivity contribution is -0.117. The minimum atomic E-state index is -0.608. The van der Waals surface area contributed by atoms with Crippen LogP contribution in [0, 0.1) is 5.41 Å². The average Bonchev–Trinajstić information content (AvgIpc) is 2.46. The summed E-state index contributed by atoms with van der Waals surface area (Å²) in [5.74, 6) is -0.116. The molecule has 23 heavy (non-hydrogen) atoms. The van der Waals surface area contributed by atoms with Crippen LogP contribution in [0.3, 0.4) is 0 Å². The van der Waals surface area contributed by atoms with E-state index >= 15 is 0 Å². The average molecular weight is 322 g/mol. The van der Waals surface area contributed by atoms with Crippen molar-refractivity contribution in [3.63, 3.8) is 0 Å². The van der Waals surface area contributed by atoms with Crippen LogP contribution in [0.1, 0.15) is 33.3 Å². The highest BCUT2D eigenvalue weighted by molar-refractivity contribution is 5.92.